The number of aldehydes is 1. The van der Waals surface area contributed by atoms with E-state index in [0.29, 0.717) is 11.3 Å². The number of phenols is 1. The van der Waals surface area contributed by atoms with Crippen LogP contribution in [0.15, 0.2) is 24.4 Å². The van der Waals surface area contributed by atoms with Crippen LogP contribution < -0.4 is 0 Å². The molecule has 0 aliphatic carbocycles. The number of carbonyl (C=O) groups is 1. The highest BCUT2D eigenvalue weighted by atomic mass is 16.3. The Morgan fingerprint density at radius 3 is 2.69 bits per heavy atom. The van der Waals surface area contributed by atoms with Crippen molar-refractivity contribution in [2.24, 2.45) is 0 Å². The lowest BCUT2D eigenvalue weighted by atomic mass is 10.2. The smallest absolute Gasteiger partial charge is 0.153 e. The average Bonchev–Trinajstić information content (AvgIpc) is 2.59. The van der Waals surface area contributed by atoms with E-state index < -0.39 is 0 Å². The van der Waals surface area contributed by atoms with E-state index in [0.717, 1.165) is 17.5 Å². The first-order valence-electron chi connectivity index (χ1n) is 4.93. The molecule has 0 atom stereocenters. The van der Waals surface area contributed by atoms with Crippen LogP contribution in [0, 0.1) is 13.8 Å². The lowest BCUT2D eigenvalue weighted by molar-refractivity contribution is 0.112. The molecule has 0 amide bonds. The fourth-order valence-electron chi connectivity index (χ4n) is 1.61. The van der Waals surface area contributed by atoms with Gasteiger partial charge in [-0.3, -0.25) is 4.79 Å². The third-order valence-electron chi connectivity index (χ3n) is 2.49. The molecule has 0 saturated heterocycles. The molecule has 1 aromatic carbocycles. The highest BCUT2D eigenvalue weighted by molar-refractivity contribution is 5.76. The maximum Gasteiger partial charge on any atom is 0.153 e. The summed E-state index contributed by atoms with van der Waals surface area (Å²) in [4.78, 5) is 10.7. The largest absolute Gasteiger partial charge is 0.508 e. The van der Waals surface area contributed by atoms with Crippen LogP contribution in [0.3, 0.4) is 0 Å². The lowest BCUT2D eigenvalue weighted by Crippen LogP contribution is -1.97. The van der Waals surface area contributed by atoms with E-state index >= 15 is 0 Å². The Morgan fingerprint density at radius 2 is 2.12 bits per heavy atom. The number of nitrogens with zero attached hydrogens (tertiary/aromatic N) is 2. The molecule has 1 heterocycles. The van der Waals surface area contributed by atoms with Gasteiger partial charge >= 0.3 is 0 Å². The van der Waals surface area contributed by atoms with E-state index in [9.17, 15) is 9.90 Å². The fraction of sp³-hybridized carbons (Fsp3) is 0.167. The SMILES string of the molecule is Cc1cc(O)ccc1-n1cc(C=O)c(C)n1. The first kappa shape index (κ1) is 10.4. The summed E-state index contributed by atoms with van der Waals surface area (Å²) in [5.41, 5.74) is 3.03. The maximum atomic E-state index is 10.7. The summed E-state index contributed by atoms with van der Waals surface area (Å²) in [5.74, 6) is 0.223. The van der Waals surface area contributed by atoms with E-state index in [1.54, 1.807) is 36.0 Å². The predicted molar refractivity (Wildman–Crippen MR) is 60.1 cm³/mol. The van der Waals surface area contributed by atoms with Crippen molar-refractivity contribution in [3.63, 3.8) is 0 Å². The molecular formula is C12H12N2O2. The molecule has 1 N–H and O–H groups in total. The van der Waals surface area contributed by atoms with Gasteiger partial charge in [-0.25, -0.2) is 4.68 Å². The van der Waals surface area contributed by atoms with Gasteiger partial charge in [0.2, 0.25) is 0 Å². The standard InChI is InChI=1S/C12H12N2O2/c1-8-5-11(16)3-4-12(8)14-6-10(7-15)9(2)13-14/h3-7,16H,1-2H3. The monoisotopic (exact) mass is 216 g/mol. The van der Waals surface area contributed by atoms with Gasteiger partial charge in [-0.15, -0.1) is 0 Å². The third kappa shape index (κ3) is 1.69. The number of aromatic nitrogens is 2. The zero-order valence-electron chi connectivity index (χ0n) is 9.14. The van der Waals surface area contributed by atoms with Gasteiger partial charge in [-0.1, -0.05) is 0 Å². The summed E-state index contributed by atoms with van der Waals surface area (Å²) in [6, 6.07) is 5.03. The molecule has 0 radical (unpaired) electrons. The summed E-state index contributed by atoms with van der Waals surface area (Å²) < 4.78 is 1.65. The molecule has 2 aromatic rings. The van der Waals surface area contributed by atoms with E-state index in [-0.39, 0.29) is 5.75 Å². The molecule has 0 unspecified atom stereocenters. The van der Waals surface area contributed by atoms with Crippen molar-refractivity contribution in [1.29, 1.82) is 0 Å². The molecule has 0 saturated carbocycles. The molecule has 0 spiro atoms. The fourth-order valence-corrected chi connectivity index (χ4v) is 1.61. The number of hydrogen-bond donors (Lipinski definition) is 1. The molecule has 0 aliphatic heterocycles. The topological polar surface area (TPSA) is 55.1 Å². The summed E-state index contributed by atoms with van der Waals surface area (Å²) in [7, 11) is 0. The Labute approximate surface area is 93.1 Å². The molecule has 0 aliphatic rings. The van der Waals surface area contributed by atoms with Gasteiger partial charge < -0.3 is 5.11 Å². The second kappa shape index (κ2) is 3.81. The van der Waals surface area contributed by atoms with Crippen molar-refractivity contribution < 1.29 is 9.90 Å². The number of benzene rings is 1. The summed E-state index contributed by atoms with van der Waals surface area (Å²) in [6.45, 7) is 3.67. The van der Waals surface area contributed by atoms with E-state index in [2.05, 4.69) is 5.10 Å². The van der Waals surface area contributed by atoms with Crippen LogP contribution in [0.4, 0.5) is 0 Å². The normalized spacial score (nSPS) is 10.4. The van der Waals surface area contributed by atoms with E-state index in [1.165, 1.54) is 0 Å². The molecule has 0 bridgehead atoms. The Balaban J connectivity index is 2.54. The van der Waals surface area contributed by atoms with Gasteiger partial charge in [-0.05, 0) is 37.6 Å². The Hall–Kier alpha value is -2.10. The van der Waals surface area contributed by atoms with Crippen molar-refractivity contribution in [3.05, 3.63) is 41.2 Å². The summed E-state index contributed by atoms with van der Waals surface area (Å²) in [6.07, 6.45) is 2.47. The van der Waals surface area contributed by atoms with Crippen LogP contribution in [0.1, 0.15) is 21.6 Å². The van der Waals surface area contributed by atoms with Gasteiger partial charge in [0, 0.05) is 6.20 Å². The molecule has 2 rings (SSSR count). The lowest BCUT2D eigenvalue weighted by Gasteiger charge is -2.05. The van der Waals surface area contributed by atoms with Crippen molar-refractivity contribution >= 4 is 6.29 Å². The second-order valence-electron chi connectivity index (χ2n) is 3.70. The first-order valence-corrected chi connectivity index (χ1v) is 4.93. The Kier molecular flexibility index (Phi) is 2.48. The van der Waals surface area contributed by atoms with Crippen LogP contribution in [-0.4, -0.2) is 21.2 Å². The molecule has 82 valence electrons. The average molecular weight is 216 g/mol. The molecule has 1 aromatic heterocycles. The minimum Gasteiger partial charge on any atom is -0.508 e. The van der Waals surface area contributed by atoms with Gasteiger partial charge in [0.15, 0.2) is 6.29 Å². The Bertz CT molecular complexity index is 544. The Morgan fingerprint density at radius 1 is 1.38 bits per heavy atom. The van der Waals surface area contributed by atoms with Crippen molar-refractivity contribution in [3.8, 4) is 11.4 Å². The van der Waals surface area contributed by atoms with Gasteiger partial charge in [-0.2, -0.15) is 5.10 Å². The van der Waals surface area contributed by atoms with Crippen LogP contribution in [0.25, 0.3) is 5.69 Å². The highest BCUT2D eigenvalue weighted by Gasteiger charge is 2.07. The third-order valence-corrected chi connectivity index (χ3v) is 2.49. The quantitative estimate of drug-likeness (QED) is 0.781. The number of hydrogen-bond acceptors (Lipinski definition) is 3. The number of aryl methyl sites for hydroxylation is 2. The van der Waals surface area contributed by atoms with Crippen LogP contribution >= 0.6 is 0 Å². The molecular weight excluding hydrogens is 204 g/mol. The van der Waals surface area contributed by atoms with Crippen LogP contribution in [0.2, 0.25) is 0 Å². The number of aromatic hydroxyl groups is 1. The minimum atomic E-state index is 0.223. The van der Waals surface area contributed by atoms with Crippen molar-refractivity contribution in [2.75, 3.05) is 0 Å². The molecule has 4 nitrogen and oxygen atoms in total. The predicted octanol–water partition coefficient (Wildman–Crippen LogP) is 2.01. The van der Waals surface area contributed by atoms with Crippen molar-refractivity contribution in [2.45, 2.75) is 13.8 Å². The zero-order valence-corrected chi connectivity index (χ0v) is 9.14. The maximum absolute atomic E-state index is 10.7. The van der Waals surface area contributed by atoms with Crippen molar-refractivity contribution in [1.82, 2.24) is 9.78 Å². The summed E-state index contributed by atoms with van der Waals surface area (Å²) in [5, 5.41) is 13.6. The summed E-state index contributed by atoms with van der Waals surface area (Å²) >= 11 is 0. The van der Waals surface area contributed by atoms with Gasteiger partial charge in [0.05, 0.1) is 16.9 Å². The number of phenolic OH excluding ortho intramolecular Hbond substituents is 1. The van der Waals surface area contributed by atoms with Crippen LogP contribution in [0.5, 0.6) is 5.75 Å². The van der Waals surface area contributed by atoms with Gasteiger partial charge in [0.25, 0.3) is 0 Å². The molecule has 4 heteroatoms. The highest BCUT2D eigenvalue weighted by Crippen LogP contribution is 2.19. The second-order valence-corrected chi connectivity index (χ2v) is 3.70. The zero-order chi connectivity index (χ0) is 11.7. The van der Waals surface area contributed by atoms with E-state index in [4.69, 9.17) is 0 Å². The van der Waals surface area contributed by atoms with E-state index in [1.807, 2.05) is 6.92 Å². The van der Waals surface area contributed by atoms with Crippen LogP contribution in [-0.2, 0) is 0 Å². The molecule has 0 fully saturated rings. The van der Waals surface area contributed by atoms with Gasteiger partial charge in [0.1, 0.15) is 5.75 Å². The number of rotatable bonds is 2. The minimum absolute atomic E-state index is 0.223. The number of carbonyl (C=O) groups excluding carboxylic acids is 1. The first-order chi connectivity index (χ1) is 7.61. The molecule has 16 heavy (non-hydrogen) atoms.